The molecule has 5 amide bonds. The molecule has 1 aromatic rings. The summed E-state index contributed by atoms with van der Waals surface area (Å²) in [4.78, 5) is 63.6. The van der Waals surface area contributed by atoms with E-state index in [0.717, 1.165) is 39.5 Å². The molecule has 5 aliphatic rings. The molecular formula is C62H99N5O28. The summed E-state index contributed by atoms with van der Waals surface area (Å²) < 4.78 is 83.7. The molecule has 0 bridgehead atoms. The lowest BCUT2D eigenvalue weighted by Gasteiger charge is -2.48. The number of allylic oxidation sites excluding steroid dienone is 2. The molecule has 4 fully saturated rings. The van der Waals surface area contributed by atoms with Gasteiger partial charge in [0.1, 0.15) is 97.1 Å². The van der Waals surface area contributed by atoms with E-state index in [4.69, 9.17) is 66.3 Å². The number of hydrogen-bond acceptors (Lipinski definition) is 28. The Balaban J connectivity index is 1.14. The summed E-state index contributed by atoms with van der Waals surface area (Å²) in [6, 6.07) is 1.52. The summed E-state index contributed by atoms with van der Waals surface area (Å²) >= 11 is 0. The molecule has 33 nitrogen and oxygen atoms in total. The first-order valence-electron chi connectivity index (χ1n) is 32.1. The van der Waals surface area contributed by atoms with Crippen molar-refractivity contribution in [3.63, 3.8) is 0 Å². The molecule has 20 unspecified atom stereocenters. The first-order chi connectivity index (χ1) is 45.4. The first kappa shape index (κ1) is 78.8. The second-order valence-electron chi connectivity index (χ2n) is 23.7. The number of amides is 5. The van der Waals surface area contributed by atoms with Gasteiger partial charge in [-0.1, -0.05) is 44.4 Å². The Kier molecular flexibility index (Phi) is 32.7. The Morgan fingerprint density at radius 1 is 0.632 bits per heavy atom. The topological polar surface area (TPSA) is 460 Å². The van der Waals surface area contributed by atoms with Crippen LogP contribution in [0.2, 0.25) is 0 Å². The maximum absolute atomic E-state index is 13.9. The van der Waals surface area contributed by atoms with Crippen molar-refractivity contribution in [2.24, 2.45) is 0 Å². The number of aliphatic hydroxyl groups is 9. The number of benzene rings is 1. The quantitative estimate of drug-likeness (QED) is 0.0134. The predicted octanol–water partition coefficient (Wildman–Crippen LogP) is -3.04. The van der Waals surface area contributed by atoms with E-state index in [0.29, 0.717) is 18.1 Å². The normalized spacial score (nSPS) is 31.7. The Labute approximate surface area is 551 Å². The van der Waals surface area contributed by atoms with E-state index in [9.17, 15) is 69.9 Å². The SMILES string of the molecule is CCCCCC/C=C\CCCOc1cccc(C(=O)NC2C(O[C@@H]3C(CO)OC(OC(C)C(CO)OC(CNC(C)=O)O[C@@H]4C(CO)OC(OC(C)C(CO[C@@H]5OC6OC6=CC5OC)OC(O)CNC(C)=O)C(NC(C)=O)C4O)C(NC(C)=O)C3O)OC(CO)[C@@H](O)C2O)c1. The highest BCUT2D eigenvalue weighted by atomic mass is 16.8. The lowest BCUT2D eigenvalue weighted by atomic mass is 9.94. The minimum Gasteiger partial charge on any atom is -0.494 e. The van der Waals surface area contributed by atoms with Crippen molar-refractivity contribution in [3.8, 4) is 5.75 Å². The average molecular weight is 1360 g/mol. The van der Waals surface area contributed by atoms with Crippen molar-refractivity contribution < 1.29 is 136 Å². The van der Waals surface area contributed by atoms with Crippen molar-refractivity contribution in [2.75, 3.05) is 59.8 Å². The number of methoxy groups -OCH3 is 1. The fourth-order valence-electron chi connectivity index (χ4n) is 10.9. The van der Waals surface area contributed by atoms with Crippen LogP contribution in [0.5, 0.6) is 5.75 Å². The summed E-state index contributed by atoms with van der Waals surface area (Å²) in [6.07, 6.45) is -17.9. The van der Waals surface area contributed by atoms with Crippen LogP contribution in [0.15, 0.2) is 48.3 Å². The van der Waals surface area contributed by atoms with Gasteiger partial charge in [-0.3, -0.25) is 24.0 Å². The molecule has 33 heteroatoms. The third kappa shape index (κ3) is 23.8. The lowest BCUT2D eigenvalue weighted by Crippen LogP contribution is -2.69. The van der Waals surface area contributed by atoms with Crippen molar-refractivity contribution >= 4 is 29.5 Å². The minimum atomic E-state index is -1.89. The van der Waals surface area contributed by atoms with Crippen LogP contribution in [0.4, 0.5) is 0 Å². The molecule has 0 aromatic heterocycles. The van der Waals surface area contributed by atoms with Gasteiger partial charge in [0.15, 0.2) is 43.5 Å². The van der Waals surface area contributed by atoms with Gasteiger partial charge in [0, 0.05) is 40.4 Å². The van der Waals surface area contributed by atoms with Crippen LogP contribution in [0.25, 0.3) is 0 Å². The molecule has 0 radical (unpaired) electrons. The van der Waals surface area contributed by atoms with E-state index < -0.39 is 210 Å². The fraction of sp³-hybridized carbons (Fsp3) is 0.758. The molecule has 24 atom stereocenters. The Morgan fingerprint density at radius 2 is 1.22 bits per heavy atom. The Hall–Kier alpha value is -5.19. The van der Waals surface area contributed by atoms with Gasteiger partial charge in [0.2, 0.25) is 23.6 Å². The minimum absolute atomic E-state index is 0.0841. The standard InChI is InChI=1S/C62H99N5O28/c1-9-10-11-12-13-14-15-16-17-21-83-38-20-18-19-37(22-38)57(81)67-48-52(78)51(77)42(27-69)90-62(48)94-56-44(29-71)92-60(50(54(56)80)66-36(7)75)85-31(2)41(26-68)88-47(25-64-34(5)73)93-55-43(28-70)91-61(49(53(55)79)65-35(6)74)86-32(3)45(87-46(76)24-63-33(4)72)30-84-58-39(82-8)23-40-59(89-40)95-58/h14-15,18-20,22-23,31-32,39,41-56,58-62,68-71,76-80H,9-13,16-17,21,24-30H2,1-8H3,(H,63,72)(H,64,73)(H,65,74)(H,66,75)(H,67,81)/b15-14-/t31?,32?,39?,41?,42?,43?,44?,45?,46?,47?,48?,49?,50?,51-,52?,53?,54?,55-,56-,58-,59?,60?,61?,62?/m1/s1. The van der Waals surface area contributed by atoms with Crippen LogP contribution >= 0.6 is 0 Å². The molecule has 1 aromatic carbocycles. The predicted molar refractivity (Wildman–Crippen MR) is 326 cm³/mol. The third-order valence-corrected chi connectivity index (χ3v) is 16.1. The highest BCUT2D eigenvalue weighted by Crippen LogP contribution is 2.37. The van der Waals surface area contributed by atoms with Crippen LogP contribution in [0.3, 0.4) is 0 Å². The second kappa shape index (κ2) is 39.4. The lowest BCUT2D eigenvalue weighted by molar-refractivity contribution is -0.343. The van der Waals surface area contributed by atoms with Crippen molar-refractivity contribution in [2.45, 2.75) is 241 Å². The first-order valence-corrected chi connectivity index (χ1v) is 32.1. The number of rotatable bonds is 40. The smallest absolute Gasteiger partial charge is 0.260 e. The number of unbranched alkanes of at least 4 members (excludes halogenated alkanes) is 5. The Bertz CT molecular complexity index is 2600. The molecule has 4 saturated heterocycles. The molecule has 95 heavy (non-hydrogen) atoms. The molecule has 5 heterocycles. The van der Waals surface area contributed by atoms with E-state index in [1.807, 2.05) is 0 Å². The second-order valence-corrected chi connectivity index (χ2v) is 23.7. The van der Waals surface area contributed by atoms with Crippen LogP contribution < -0.4 is 31.3 Å². The summed E-state index contributed by atoms with van der Waals surface area (Å²) in [6.45, 7) is 5.37. The highest BCUT2D eigenvalue weighted by Gasteiger charge is 2.54. The van der Waals surface area contributed by atoms with Gasteiger partial charge in [0.25, 0.3) is 12.2 Å². The molecule has 6 rings (SSSR count). The molecule has 540 valence electrons. The Morgan fingerprint density at radius 3 is 1.82 bits per heavy atom. The summed E-state index contributed by atoms with van der Waals surface area (Å²) in [5.74, 6) is -2.30. The number of nitrogens with one attached hydrogen (secondary N) is 5. The molecule has 0 aliphatic carbocycles. The molecular weight excluding hydrogens is 1260 g/mol. The maximum atomic E-state index is 13.9. The van der Waals surface area contributed by atoms with Gasteiger partial charge >= 0.3 is 0 Å². The number of carbonyl (C=O) groups is 5. The van der Waals surface area contributed by atoms with Gasteiger partial charge < -0.3 is 139 Å². The van der Waals surface area contributed by atoms with E-state index >= 15 is 0 Å². The molecule has 5 aliphatic heterocycles. The zero-order chi connectivity index (χ0) is 69.5. The number of aliphatic hydroxyl groups excluding tert-OH is 9. The van der Waals surface area contributed by atoms with E-state index in [1.54, 1.807) is 18.2 Å². The van der Waals surface area contributed by atoms with Crippen LogP contribution in [-0.4, -0.2) is 283 Å². The number of hydrogen-bond donors (Lipinski definition) is 14. The van der Waals surface area contributed by atoms with Gasteiger partial charge in [-0.05, 0) is 63.8 Å². The summed E-state index contributed by atoms with van der Waals surface area (Å²) in [5, 5.41) is 113. The van der Waals surface area contributed by atoms with Gasteiger partial charge in [-0.25, -0.2) is 0 Å². The number of ether oxygens (including phenoxy) is 14. The molecule has 0 spiro atoms. The molecule has 14 N–H and O–H groups in total. The number of fused-ring (bicyclic) bond motifs is 1. The summed E-state index contributed by atoms with van der Waals surface area (Å²) in [5.41, 5.74) is 0.0841. The van der Waals surface area contributed by atoms with Crippen LogP contribution in [0.1, 0.15) is 104 Å². The van der Waals surface area contributed by atoms with Gasteiger partial charge in [0.05, 0.1) is 64.9 Å². The fourth-order valence-corrected chi connectivity index (χ4v) is 10.9. The van der Waals surface area contributed by atoms with E-state index in [1.165, 1.54) is 66.2 Å². The number of carbonyl (C=O) groups excluding carboxylic acids is 5. The monoisotopic (exact) mass is 1360 g/mol. The largest absolute Gasteiger partial charge is 0.494 e. The third-order valence-electron chi connectivity index (χ3n) is 16.1. The zero-order valence-electron chi connectivity index (χ0n) is 54.8. The summed E-state index contributed by atoms with van der Waals surface area (Å²) in [7, 11) is 1.42. The van der Waals surface area contributed by atoms with Crippen LogP contribution in [-0.2, 0) is 80.8 Å². The zero-order valence-corrected chi connectivity index (χ0v) is 54.8. The maximum Gasteiger partial charge on any atom is 0.260 e. The van der Waals surface area contributed by atoms with Gasteiger partial charge in [-0.2, -0.15) is 0 Å². The van der Waals surface area contributed by atoms with Crippen molar-refractivity contribution in [3.05, 3.63) is 53.8 Å². The van der Waals surface area contributed by atoms with Crippen molar-refractivity contribution in [1.29, 1.82) is 0 Å². The average Bonchev–Trinajstić information content (AvgIpc) is 1.52. The van der Waals surface area contributed by atoms with E-state index in [-0.39, 0.29) is 18.7 Å². The van der Waals surface area contributed by atoms with Crippen molar-refractivity contribution in [1.82, 2.24) is 26.6 Å². The van der Waals surface area contributed by atoms with Crippen LogP contribution in [0, 0.1) is 0 Å². The number of epoxide rings is 1. The van der Waals surface area contributed by atoms with Gasteiger partial charge in [-0.15, -0.1) is 0 Å². The molecule has 0 saturated carbocycles. The van der Waals surface area contributed by atoms with E-state index in [2.05, 4.69) is 45.7 Å². The highest BCUT2D eigenvalue weighted by molar-refractivity contribution is 5.94.